The van der Waals surface area contributed by atoms with Crippen LogP contribution in [0, 0.1) is 29.6 Å². The summed E-state index contributed by atoms with van der Waals surface area (Å²) in [5.74, 6) is 2.29. The molecule has 1 saturated carbocycles. The molecule has 7 heteroatoms. The average Bonchev–Trinajstić information content (AvgIpc) is 2.46. The van der Waals surface area contributed by atoms with E-state index in [1.807, 2.05) is 0 Å². The molecule has 0 aromatic heterocycles. The lowest BCUT2D eigenvalue weighted by Gasteiger charge is -2.36. The van der Waals surface area contributed by atoms with E-state index in [4.69, 9.17) is 11.3 Å². The van der Waals surface area contributed by atoms with E-state index in [0.717, 1.165) is 17.5 Å². The number of thioether (sulfide) groups is 1. The number of hydrogen-bond acceptors (Lipinski definition) is 4. The smallest absolute Gasteiger partial charge is 0.389 e. The molecule has 0 aromatic carbocycles. The Labute approximate surface area is 133 Å². The van der Waals surface area contributed by atoms with Gasteiger partial charge in [0.15, 0.2) is 0 Å². The molecular formula is C15H19F3N2OS. The van der Waals surface area contributed by atoms with Crippen LogP contribution in [0.25, 0.3) is 0 Å². The summed E-state index contributed by atoms with van der Waals surface area (Å²) in [6.45, 7) is 0. The van der Waals surface area contributed by atoms with Crippen LogP contribution in [0.15, 0.2) is 5.16 Å². The van der Waals surface area contributed by atoms with E-state index in [9.17, 15) is 18.4 Å². The number of alkyl halides is 3. The van der Waals surface area contributed by atoms with Crippen molar-refractivity contribution in [2.75, 3.05) is 12.9 Å². The quantitative estimate of drug-likeness (QED) is 0.542. The van der Waals surface area contributed by atoms with E-state index in [1.54, 1.807) is 0 Å². The van der Waals surface area contributed by atoms with Crippen LogP contribution in [0.5, 0.6) is 0 Å². The fourth-order valence-electron chi connectivity index (χ4n) is 2.61. The van der Waals surface area contributed by atoms with Crippen LogP contribution in [0.2, 0.25) is 0 Å². The number of nitriles is 1. The predicted molar refractivity (Wildman–Crippen MR) is 81.3 cm³/mol. The number of nitrogens with zero attached hydrogens (tertiary/aromatic N) is 2. The summed E-state index contributed by atoms with van der Waals surface area (Å²) in [6, 6.07) is 2.20. The van der Waals surface area contributed by atoms with Crippen LogP contribution in [-0.2, 0) is 4.84 Å². The highest BCUT2D eigenvalue weighted by atomic mass is 32.2. The highest BCUT2D eigenvalue weighted by molar-refractivity contribution is 8.00. The molecule has 1 rings (SSSR count). The molecule has 122 valence electrons. The Kier molecular flexibility index (Phi) is 7.09. The maximum Gasteiger partial charge on any atom is 0.389 e. The molecule has 22 heavy (non-hydrogen) atoms. The molecule has 3 nitrogen and oxygen atoms in total. The van der Waals surface area contributed by atoms with Gasteiger partial charge in [-0.2, -0.15) is 18.4 Å². The Morgan fingerprint density at radius 2 is 2.05 bits per heavy atom. The van der Waals surface area contributed by atoms with Crippen LogP contribution in [0.4, 0.5) is 13.2 Å². The zero-order chi connectivity index (χ0) is 16.6. The van der Waals surface area contributed by atoms with Crippen molar-refractivity contribution in [3.05, 3.63) is 0 Å². The molecule has 0 aliphatic heterocycles. The first-order valence-electron chi connectivity index (χ1n) is 7.01. The van der Waals surface area contributed by atoms with Gasteiger partial charge < -0.3 is 4.84 Å². The van der Waals surface area contributed by atoms with Gasteiger partial charge in [-0.3, -0.25) is 0 Å². The second kappa shape index (κ2) is 8.33. The Morgan fingerprint density at radius 1 is 1.41 bits per heavy atom. The molecule has 1 aliphatic carbocycles. The van der Waals surface area contributed by atoms with Crippen molar-refractivity contribution in [3.63, 3.8) is 0 Å². The molecule has 0 radical (unpaired) electrons. The molecular weight excluding hydrogens is 313 g/mol. The van der Waals surface area contributed by atoms with E-state index in [2.05, 4.69) is 17.1 Å². The summed E-state index contributed by atoms with van der Waals surface area (Å²) in [5, 5.41) is 13.5. The molecule has 1 unspecified atom stereocenters. The standard InChI is InChI=1S/C15H19F3N2OS/c1-3-8-14(11-19,22-10-9-15(16,17)18)12-4-6-13(7-5-12)20-21-2/h1,12H,4-10H2,2H3. The van der Waals surface area contributed by atoms with Crippen LogP contribution in [0.3, 0.4) is 0 Å². The fraction of sp³-hybridized carbons (Fsp3) is 0.733. The van der Waals surface area contributed by atoms with Crippen LogP contribution >= 0.6 is 11.8 Å². The molecule has 1 atom stereocenters. The van der Waals surface area contributed by atoms with E-state index in [-0.39, 0.29) is 18.1 Å². The molecule has 0 spiro atoms. The van der Waals surface area contributed by atoms with Gasteiger partial charge in [0.2, 0.25) is 0 Å². The third-order valence-corrected chi connectivity index (χ3v) is 5.23. The highest BCUT2D eigenvalue weighted by Crippen LogP contribution is 2.44. The zero-order valence-corrected chi connectivity index (χ0v) is 13.3. The molecule has 0 aromatic rings. The molecule has 0 amide bonds. The number of hydrogen-bond donors (Lipinski definition) is 0. The van der Waals surface area contributed by atoms with Gasteiger partial charge in [0, 0.05) is 12.2 Å². The third-order valence-electron chi connectivity index (χ3n) is 3.74. The van der Waals surface area contributed by atoms with Crippen molar-refractivity contribution >= 4 is 17.5 Å². The Hall–Kier alpha value is -1.34. The van der Waals surface area contributed by atoms with Gasteiger partial charge in [-0.05, 0) is 31.6 Å². The molecule has 0 bridgehead atoms. The summed E-state index contributed by atoms with van der Waals surface area (Å²) in [6.07, 6.45) is 3.14. The largest absolute Gasteiger partial charge is 0.399 e. The summed E-state index contributed by atoms with van der Waals surface area (Å²) in [4.78, 5) is 4.74. The zero-order valence-electron chi connectivity index (χ0n) is 12.4. The lowest BCUT2D eigenvalue weighted by Crippen LogP contribution is -2.36. The first-order chi connectivity index (χ1) is 10.4. The van der Waals surface area contributed by atoms with E-state index >= 15 is 0 Å². The second-order valence-electron chi connectivity index (χ2n) is 5.21. The van der Waals surface area contributed by atoms with Gasteiger partial charge in [-0.1, -0.05) is 5.16 Å². The van der Waals surface area contributed by atoms with Gasteiger partial charge in [-0.15, -0.1) is 24.1 Å². The molecule has 0 heterocycles. The van der Waals surface area contributed by atoms with Crippen molar-refractivity contribution in [1.82, 2.24) is 0 Å². The minimum atomic E-state index is -4.21. The van der Waals surface area contributed by atoms with Gasteiger partial charge in [0.25, 0.3) is 0 Å². The monoisotopic (exact) mass is 332 g/mol. The normalized spacial score (nSPS) is 21.4. The van der Waals surface area contributed by atoms with Crippen LogP contribution < -0.4 is 0 Å². The third kappa shape index (κ3) is 5.46. The maximum absolute atomic E-state index is 12.3. The van der Waals surface area contributed by atoms with Crippen molar-refractivity contribution in [1.29, 1.82) is 5.26 Å². The number of halogens is 3. The topological polar surface area (TPSA) is 45.4 Å². The van der Waals surface area contributed by atoms with E-state index < -0.39 is 17.3 Å². The maximum atomic E-state index is 12.3. The second-order valence-corrected chi connectivity index (χ2v) is 6.64. The van der Waals surface area contributed by atoms with E-state index in [0.29, 0.717) is 25.7 Å². The van der Waals surface area contributed by atoms with Crippen LogP contribution in [-0.4, -0.2) is 29.5 Å². The van der Waals surface area contributed by atoms with Gasteiger partial charge in [-0.25, -0.2) is 0 Å². The Balaban J connectivity index is 2.74. The van der Waals surface area contributed by atoms with Crippen LogP contribution in [0.1, 0.15) is 38.5 Å². The average molecular weight is 332 g/mol. The summed E-state index contributed by atoms with van der Waals surface area (Å²) in [5.41, 5.74) is 0.923. The molecule has 1 fully saturated rings. The van der Waals surface area contributed by atoms with Crippen molar-refractivity contribution in [3.8, 4) is 18.4 Å². The van der Waals surface area contributed by atoms with Crippen molar-refractivity contribution in [2.24, 2.45) is 11.1 Å². The van der Waals surface area contributed by atoms with Crippen molar-refractivity contribution < 1.29 is 18.0 Å². The summed E-state index contributed by atoms with van der Waals surface area (Å²) in [7, 11) is 1.48. The fourth-order valence-corrected chi connectivity index (χ4v) is 4.03. The SMILES string of the molecule is C#CCC(C#N)(SCCC(F)(F)F)C1CCC(=NOC)CC1. The lowest BCUT2D eigenvalue weighted by atomic mass is 9.78. The number of terminal acetylenes is 1. The lowest BCUT2D eigenvalue weighted by molar-refractivity contribution is -0.129. The number of oxime groups is 1. The molecule has 1 aliphatic rings. The van der Waals surface area contributed by atoms with Gasteiger partial charge >= 0.3 is 6.18 Å². The summed E-state index contributed by atoms with van der Waals surface area (Å²) >= 11 is 1.05. The van der Waals surface area contributed by atoms with Crippen molar-refractivity contribution in [2.45, 2.75) is 49.4 Å². The van der Waals surface area contributed by atoms with Gasteiger partial charge in [0.1, 0.15) is 11.9 Å². The first kappa shape index (κ1) is 18.7. The first-order valence-corrected chi connectivity index (χ1v) is 7.99. The van der Waals surface area contributed by atoms with E-state index in [1.165, 1.54) is 7.11 Å². The molecule has 0 saturated heterocycles. The van der Waals surface area contributed by atoms with Gasteiger partial charge in [0.05, 0.1) is 18.2 Å². The Bertz CT molecular complexity index is 469. The summed E-state index contributed by atoms with van der Waals surface area (Å²) < 4.78 is 36.1. The predicted octanol–water partition coefficient (Wildman–Crippen LogP) is 4.15. The molecule has 0 N–H and O–H groups in total. The number of rotatable bonds is 6. The minimum Gasteiger partial charge on any atom is -0.399 e. The Morgan fingerprint density at radius 3 is 2.50 bits per heavy atom. The highest BCUT2D eigenvalue weighted by Gasteiger charge is 2.41. The minimum absolute atomic E-state index is 0.0254.